The number of para-hydroxylation sites is 1. The van der Waals surface area contributed by atoms with Crippen LogP contribution in [0.1, 0.15) is 18.3 Å². The summed E-state index contributed by atoms with van der Waals surface area (Å²) in [7, 11) is 0. The van der Waals surface area contributed by atoms with E-state index in [1.165, 1.54) is 5.56 Å². The minimum Gasteiger partial charge on any atom is -0.297 e. The third-order valence-corrected chi connectivity index (χ3v) is 5.97. The molecule has 0 bridgehead atoms. The van der Waals surface area contributed by atoms with Gasteiger partial charge in [-0.2, -0.15) is 0 Å². The van der Waals surface area contributed by atoms with Crippen LogP contribution in [-0.4, -0.2) is 55.1 Å². The normalized spacial score (nSPS) is 15.9. The maximum absolute atomic E-state index is 12.8. The summed E-state index contributed by atoms with van der Waals surface area (Å²) >= 11 is 0. The van der Waals surface area contributed by atoms with Crippen LogP contribution in [-0.2, 0) is 19.6 Å². The van der Waals surface area contributed by atoms with E-state index in [9.17, 15) is 4.79 Å². The Bertz CT molecular complexity index is 1220. The van der Waals surface area contributed by atoms with Gasteiger partial charge in [0.2, 0.25) is 5.78 Å². The third kappa shape index (κ3) is 3.40. The van der Waals surface area contributed by atoms with Gasteiger partial charge in [-0.25, -0.2) is 0 Å². The molecule has 7 nitrogen and oxygen atoms in total. The summed E-state index contributed by atoms with van der Waals surface area (Å²) < 4.78 is 3.76. The first-order chi connectivity index (χ1) is 14.7. The number of benzene rings is 2. The molecule has 1 aliphatic heterocycles. The van der Waals surface area contributed by atoms with Crippen LogP contribution in [0.2, 0.25) is 0 Å². The van der Waals surface area contributed by atoms with Gasteiger partial charge in [0.05, 0.1) is 17.4 Å². The van der Waals surface area contributed by atoms with E-state index in [-0.39, 0.29) is 5.56 Å². The number of hydrogen-bond acceptors (Lipinski definition) is 5. The molecule has 0 amide bonds. The fourth-order valence-electron chi connectivity index (χ4n) is 4.35. The Kier molecular flexibility index (Phi) is 5.06. The van der Waals surface area contributed by atoms with Gasteiger partial charge in [0.25, 0.3) is 5.56 Å². The highest BCUT2D eigenvalue weighted by Crippen LogP contribution is 2.17. The number of nitrogens with zero attached hydrogens (tertiary/aromatic N) is 6. The van der Waals surface area contributed by atoms with Gasteiger partial charge in [-0.3, -0.25) is 23.6 Å². The maximum atomic E-state index is 12.8. The minimum absolute atomic E-state index is 0.00548. The lowest BCUT2D eigenvalue weighted by Gasteiger charge is -2.34. The first kappa shape index (κ1) is 19.0. The van der Waals surface area contributed by atoms with E-state index in [0.29, 0.717) is 17.7 Å². The Hall–Kier alpha value is -3.03. The fourth-order valence-corrected chi connectivity index (χ4v) is 4.35. The third-order valence-electron chi connectivity index (χ3n) is 5.97. The molecule has 0 N–H and O–H groups in total. The van der Waals surface area contributed by atoms with Crippen molar-refractivity contribution in [1.82, 2.24) is 29.0 Å². The average molecular weight is 403 g/mol. The second kappa shape index (κ2) is 8.01. The lowest BCUT2D eigenvalue weighted by atomic mass is 10.2. The highest BCUT2D eigenvalue weighted by Gasteiger charge is 2.21. The van der Waals surface area contributed by atoms with Crippen LogP contribution in [0.5, 0.6) is 0 Å². The number of fused-ring (bicyclic) bond motifs is 3. The van der Waals surface area contributed by atoms with Gasteiger partial charge in [0.15, 0.2) is 5.82 Å². The van der Waals surface area contributed by atoms with Crippen molar-refractivity contribution in [2.75, 3.05) is 26.2 Å². The molecular weight excluding hydrogens is 376 g/mol. The Balaban J connectivity index is 1.38. The largest absolute Gasteiger partial charge is 0.297 e. The molecule has 0 spiro atoms. The molecule has 30 heavy (non-hydrogen) atoms. The summed E-state index contributed by atoms with van der Waals surface area (Å²) in [6.45, 7) is 8.32. The van der Waals surface area contributed by atoms with E-state index < -0.39 is 0 Å². The summed E-state index contributed by atoms with van der Waals surface area (Å²) in [4.78, 5) is 17.7. The van der Waals surface area contributed by atoms with Gasteiger partial charge in [-0.15, -0.1) is 10.2 Å². The zero-order chi connectivity index (χ0) is 20.5. The summed E-state index contributed by atoms with van der Waals surface area (Å²) in [5, 5.41) is 9.56. The number of aryl methyl sites for hydroxylation is 1. The van der Waals surface area contributed by atoms with Crippen molar-refractivity contribution in [2.24, 2.45) is 0 Å². The molecule has 154 valence electrons. The molecule has 1 aliphatic rings. The predicted molar refractivity (Wildman–Crippen MR) is 117 cm³/mol. The van der Waals surface area contributed by atoms with Crippen LogP contribution >= 0.6 is 0 Å². The Morgan fingerprint density at radius 3 is 2.23 bits per heavy atom. The maximum Gasteiger partial charge on any atom is 0.262 e. The molecule has 7 heteroatoms. The van der Waals surface area contributed by atoms with Gasteiger partial charge in [-0.05, 0) is 24.6 Å². The van der Waals surface area contributed by atoms with Crippen molar-refractivity contribution >= 4 is 16.7 Å². The van der Waals surface area contributed by atoms with Crippen molar-refractivity contribution in [2.45, 2.75) is 26.6 Å². The predicted octanol–water partition coefficient (Wildman–Crippen LogP) is 2.38. The second-order valence-corrected chi connectivity index (χ2v) is 7.86. The van der Waals surface area contributed by atoms with E-state index in [0.717, 1.165) is 50.6 Å². The number of aromatic nitrogens is 4. The van der Waals surface area contributed by atoms with Gasteiger partial charge >= 0.3 is 0 Å². The lowest BCUT2D eigenvalue weighted by molar-refractivity contribution is 0.119. The Morgan fingerprint density at radius 1 is 0.833 bits per heavy atom. The zero-order valence-electron chi connectivity index (χ0n) is 17.2. The molecule has 0 unspecified atom stereocenters. The minimum atomic E-state index is -0.00548. The molecule has 1 fully saturated rings. The summed E-state index contributed by atoms with van der Waals surface area (Å²) in [6, 6.07) is 18.4. The summed E-state index contributed by atoms with van der Waals surface area (Å²) in [5.41, 5.74) is 2.23. The zero-order valence-corrected chi connectivity index (χ0v) is 17.2. The highest BCUT2D eigenvalue weighted by atomic mass is 16.1. The topological polar surface area (TPSA) is 58.7 Å². The molecule has 3 heterocycles. The molecule has 0 radical (unpaired) electrons. The standard InChI is InChI=1S/C23H26N6O/c1-2-28-22(30)19-10-6-7-11-20(19)29-21(24-25-23(28)29)17-27-14-12-26(13-15-27)16-18-8-4-3-5-9-18/h3-11H,2,12-17H2,1H3. The van der Waals surface area contributed by atoms with E-state index >= 15 is 0 Å². The first-order valence-corrected chi connectivity index (χ1v) is 10.6. The van der Waals surface area contributed by atoms with Crippen molar-refractivity contribution < 1.29 is 0 Å². The van der Waals surface area contributed by atoms with E-state index in [1.54, 1.807) is 4.57 Å². The van der Waals surface area contributed by atoms with Crippen LogP contribution < -0.4 is 5.56 Å². The Morgan fingerprint density at radius 2 is 1.50 bits per heavy atom. The molecule has 1 saturated heterocycles. The SMILES string of the molecule is CCn1c(=O)c2ccccc2n2c(CN3CCN(Cc4ccccc4)CC3)nnc12. The van der Waals surface area contributed by atoms with Crippen molar-refractivity contribution in [1.29, 1.82) is 0 Å². The first-order valence-electron chi connectivity index (χ1n) is 10.6. The quantitative estimate of drug-likeness (QED) is 0.513. The highest BCUT2D eigenvalue weighted by molar-refractivity contribution is 5.80. The van der Waals surface area contributed by atoms with Gasteiger partial charge in [-0.1, -0.05) is 42.5 Å². The summed E-state index contributed by atoms with van der Waals surface area (Å²) in [6.07, 6.45) is 0. The van der Waals surface area contributed by atoms with Gasteiger partial charge in [0, 0.05) is 39.3 Å². The Labute approximate surface area is 175 Å². The van der Waals surface area contributed by atoms with Gasteiger partial charge in [0.1, 0.15) is 0 Å². The molecule has 5 rings (SSSR count). The molecule has 0 saturated carbocycles. The number of hydrogen-bond donors (Lipinski definition) is 0. The van der Waals surface area contributed by atoms with Gasteiger partial charge < -0.3 is 0 Å². The van der Waals surface area contributed by atoms with Crippen LogP contribution in [0.3, 0.4) is 0 Å². The summed E-state index contributed by atoms with van der Waals surface area (Å²) in [5.74, 6) is 1.51. The van der Waals surface area contributed by atoms with E-state index in [4.69, 9.17) is 0 Å². The van der Waals surface area contributed by atoms with E-state index in [2.05, 4.69) is 54.7 Å². The second-order valence-electron chi connectivity index (χ2n) is 7.86. The molecular formula is C23H26N6O. The smallest absolute Gasteiger partial charge is 0.262 e. The van der Waals surface area contributed by atoms with Crippen molar-refractivity contribution in [3.63, 3.8) is 0 Å². The molecule has 4 aromatic rings. The molecule has 2 aromatic carbocycles. The van der Waals surface area contributed by atoms with Crippen LogP contribution in [0.4, 0.5) is 0 Å². The van der Waals surface area contributed by atoms with E-state index in [1.807, 2.05) is 31.2 Å². The lowest BCUT2D eigenvalue weighted by Crippen LogP contribution is -2.45. The van der Waals surface area contributed by atoms with Crippen molar-refractivity contribution in [3.05, 3.63) is 76.3 Å². The monoisotopic (exact) mass is 402 g/mol. The van der Waals surface area contributed by atoms with Crippen LogP contribution in [0.25, 0.3) is 16.7 Å². The average Bonchev–Trinajstić information content (AvgIpc) is 3.20. The molecule has 0 aliphatic carbocycles. The van der Waals surface area contributed by atoms with Crippen LogP contribution in [0, 0.1) is 0 Å². The van der Waals surface area contributed by atoms with Crippen LogP contribution in [0.15, 0.2) is 59.4 Å². The number of rotatable bonds is 5. The number of piperazine rings is 1. The van der Waals surface area contributed by atoms with Crippen molar-refractivity contribution in [3.8, 4) is 0 Å². The molecule has 2 aromatic heterocycles. The molecule has 0 atom stereocenters. The fraction of sp³-hybridized carbons (Fsp3) is 0.348.